The lowest BCUT2D eigenvalue weighted by Crippen LogP contribution is -2.27. The van der Waals surface area contributed by atoms with Crippen molar-refractivity contribution in [1.29, 1.82) is 0 Å². The monoisotopic (exact) mass is 210 g/mol. The molecule has 0 spiro atoms. The number of hydrogen-bond donors (Lipinski definition) is 2. The Morgan fingerprint density at radius 1 is 1.60 bits per heavy atom. The summed E-state index contributed by atoms with van der Waals surface area (Å²) < 4.78 is 13.0. The summed E-state index contributed by atoms with van der Waals surface area (Å²) in [6.45, 7) is 0. The second-order valence-corrected chi connectivity index (χ2v) is 3.63. The van der Waals surface area contributed by atoms with E-state index in [9.17, 15) is 9.18 Å². The highest BCUT2D eigenvalue weighted by atomic mass is 19.1. The molecule has 4 nitrogen and oxygen atoms in total. The summed E-state index contributed by atoms with van der Waals surface area (Å²) in [4.78, 5) is 14.4. The Kier molecular flexibility index (Phi) is 2.53. The standard InChI is InChI=1S/C10H11FN2O2/c11-8-5-12-9(4-7(8)10(14)15)13-6-2-1-3-6/h4-6H,1-3H2,(H,12,13)(H,14,15). The van der Waals surface area contributed by atoms with E-state index in [2.05, 4.69) is 10.3 Å². The zero-order chi connectivity index (χ0) is 10.8. The lowest BCUT2D eigenvalue weighted by molar-refractivity contribution is 0.0691. The Balaban J connectivity index is 2.17. The van der Waals surface area contributed by atoms with Crippen LogP contribution in [-0.4, -0.2) is 22.1 Å². The summed E-state index contributed by atoms with van der Waals surface area (Å²) in [5.41, 5.74) is -0.341. The van der Waals surface area contributed by atoms with Crippen LogP contribution in [0.2, 0.25) is 0 Å². The summed E-state index contributed by atoms with van der Waals surface area (Å²) in [5, 5.41) is 11.8. The molecule has 80 valence electrons. The number of pyridine rings is 1. The van der Waals surface area contributed by atoms with Crippen LogP contribution < -0.4 is 5.32 Å². The van der Waals surface area contributed by atoms with E-state index in [-0.39, 0.29) is 5.56 Å². The number of nitrogens with one attached hydrogen (secondary N) is 1. The van der Waals surface area contributed by atoms with Crippen molar-refractivity contribution in [2.45, 2.75) is 25.3 Å². The lowest BCUT2D eigenvalue weighted by Gasteiger charge is -2.26. The van der Waals surface area contributed by atoms with Crippen molar-refractivity contribution >= 4 is 11.8 Å². The van der Waals surface area contributed by atoms with Gasteiger partial charge >= 0.3 is 5.97 Å². The van der Waals surface area contributed by atoms with Gasteiger partial charge in [-0.3, -0.25) is 0 Å². The Morgan fingerprint density at radius 3 is 2.87 bits per heavy atom. The molecule has 2 rings (SSSR count). The van der Waals surface area contributed by atoms with Gasteiger partial charge in [-0.2, -0.15) is 0 Å². The molecular formula is C10H11FN2O2. The molecule has 1 fully saturated rings. The zero-order valence-electron chi connectivity index (χ0n) is 8.03. The fourth-order valence-electron chi connectivity index (χ4n) is 1.44. The molecule has 0 amide bonds. The number of carboxylic acid groups (broad SMARTS) is 1. The number of nitrogens with zero attached hydrogens (tertiary/aromatic N) is 1. The fraction of sp³-hybridized carbons (Fsp3) is 0.400. The third-order valence-electron chi connectivity index (χ3n) is 2.54. The highest BCUT2D eigenvalue weighted by molar-refractivity contribution is 5.88. The maximum absolute atomic E-state index is 13.0. The predicted molar refractivity (Wildman–Crippen MR) is 52.4 cm³/mol. The number of hydrogen-bond acceptors (Lipinski definition) is 3. The molecule has 1 aliphatic rings. The van der Waals surface area contributed by atoms with Gasteiger partial charge in [-0.1, -0.05) is 0 Å². The maximum atomic E-state index is 13.0. The summed E-state index contributed by atoms with van der Waals surface area (Å²) in [6, 6.07) is 1.58. The van der Waals surface area contributed by atoms with Crippen LogP contribution >= 0.6 is 0 Å². The Bertz CT molecular complexity index is 391. The molecule has 1 aromatic rings. The molecule has 0 bridgehead atoms. The molecule has 1 heterocycles. The number of rotatable bonds is 3. The van der Waals surface area contributed by atoms with Crippen LogP contribution in [0.25, 0.3) is 0 Å². The summed E-state index contributed by atoms with van der Waals surface area (Å²) >= 11 is 0. The summed E-state index contributed by atoms with van der Waals surface area (Å²) in [7, 11) is 0. The first-order valence-corrected chi connectivity index (χ1v) is 4.82. The first kappa shape index (κ1) is 9.89. The van der Waals surface area contributed by atoms with Crippen LogP contribution in [0, 0.1) is 5.82 Å². The van der Waals surface area contributed by atoms with Gasteiger partial charge in [0.25, 0.3) is 0 Å². The number of anilines is 1. The molecule has 1 aromatic heterocycles. The van der Waals surface area contributed by atoms with Gasteiger partial charge in [-0.15, -0.1) is 0 Å². The minimum absolute atomic E-state index is 0.341. The predicted octanol–water partition coefficient (Wildman–Crippen LogP) is 1.88. The topological polar surface area (TPSA) is 62.2 Å². The van der Waals surface area contributed by atoms with Crippen molar-refractivity contribution < 1.29 is 14.3 Å². The Hall–Kier alpha value is -1.65. The highest BCUT2D eigenvalue weighted by Crippen LogP contribution is 2.22. The van der Waals surface area contributed by atoms with Gasteiger partial charge in [0, 0.05) is 6.04 Å². The number of aromatic carboxylic acids is 1. The quantitative estimate of drug-likeness (QED) is 0.799. The third-order valence-corrected chi connectivity index (χ3v) is 2.54. The minimum Gasteiger partial charge on any atom is -0.478 e. The molecule has 0 saturated heterocycles. The van der Waals surface area contributed by atoms with Gasteiger partial charge in [-0.05, 0) is 25.3 Å². The van der Waals surface area contributed by atoms with Crippen molar-refractivity contribution in [3.8, 4) is 0 Å². The molecule has 0 atom stereocenters. The lowest BCUT2D eigenvalue weighted by atomic mass is 9.93. The largest absolute Gasteiger partial charge is 0.478 e. The molecule has 0 aliphatic heterocycles. The molecule has 0 unspecified atom stereocenters. The van der Waals surface area contributed by atoms with E-state index in [1.807, 2.05) is 0 Å². The van der Waals surface area contributed by atoms with Gasteiger partial charge in [0.1, 0.15) is 11.4 Å². The minimum atomic E-state index is -1.27. The van der Waals surface area contributed by atoms with E-state index in [1.165, 1.54) is 12.5 Å². The van der Waals surface area contributed by atoms with Gasteiger partial charge < -0.3 is 10.4 Å². The van der Waals surface area contributed by atoms with E-state index >= 15 is 0 Å². The SMILES string of the molecule is O=C(O)c1cc(NC2CCC2)ncc1F. The average Bonchev–Trinajstić information content (AvgIpc) is 2.13. The molecule has 5 heteroatoms. The Morgan fingerprint density at radius 2 is 2.33 bits per heavy atom. The van der Waals surface area contributed by atoms with Crippen LogP contribution in [-0.2, 0) is 0 Å². The van der Waals surface area contributed by atoms with E-state index in [4.69, 9.17) is 5.11 Å². The molecule has 1 saturated carbocycles. The van der Waals surface area contributed by atoms with E-state index in [0.717, 1.165) is 19.0 Å². The highest BCUT2D eigenvalue weighted by Gasteiger charge is 2.18. The molecule has 0 radical (unpaired) electrons. The van der Waals surface area contributed by atoms with Crippen molar-refractivity contribution in [2.75, 3.05) is 5.32 Å². The Labute approximate surface area is 86.1 Å². The summed E-state index contributed by atoms with van der Waals surface area (Å²) in [5.74, 6) is -1.65. The number of halogens is 1. The molecule has 15 heavy (non-hydrogen) atoms. The molecule has 0 aromatic carbocycles. The van der Waals surface area contributed by atoms with E-state index in [0.29, 0.717) is 11.9 Å². The zero-order valence-corrected chi connectivity index (χ0v) is 8.03. The van der Waals surface area contributed by atoms with E-state index < -0.39 is 11.8 Å². The van der Waals surface area contributed by atoms with Crippen molar-refractivity contribution in [2.24, 2.45) is 0 Å². The molecule has 2 N–H and O–H groups in total. The van der Waals surface area contributed by atoms with Gasteiger partial charge in [0.2, 0.25) is 0 Å². The second-order valence-electron chi connectivity index (χ2n) is 3.63. The molecule has 1 aliphatic carbocycles. The number of carbonyl (C=O) groups is 1. The van der Waals surface area contributed by atoms with Crippen LogP contribution in [0.15, 0.2) is 12.3 Å². The normalized spacial score (nSPS) is 15.8. The van der Waals surface area contributed by atoms with Gasteiger partial charge in [0.15, 0.2) is 5.82 Å². The van der Waals surface area contributed by atoms with Crippen LogP contribution in [0.4, 0.5) is 10.2 Å². The third kappa shape index (κ3) is 2.06. The van der Waals surface area contributed by atoms with Gasteiger partial charge in [0.05, 0.1) is 6.20 Å². The van der Waals surface area contributed by atoms with Crippen LogP contribution in [0.5, 0.6) is 0 Å². The average molecular weight is 210 g/mol. The van der Waals surface area contributed by atoms with Crippen molar-refractivity contribution in [1.82, 2.24) is 4.98 Å². The smallest absolute Gasteiger partial charge is 0.338 e. The van der Waals surface area contributed by atoms with Crippen LogP contribution in [0.3, 0.4) is 0 Å². The van der Waals surface area contributed by atoms with Gasteiger partial charge in [-0.25, -0.2) is 14.2 Å². The maximum Gasteiger partial charge on any atom is 0.338 e. The van der Waals surface area contributed by atoms with E-state index in [1.54, 1.807) is 0 Å². The summed E-state index contributed by atoms with van der Waals surface area (Å²) in [6.07, 6.45) is 4.22. The first-order valence-electron chi connectivity index (χ1n) is 4.82. The number of aromatic nitrogens is 1. The van der Waals surface area contributed by atoms with Crippen molar-refractivity contribution in [3.05, 3.63) is 23.6 Å². The first-order chi connectivity index (χ1) is 7.16. The fourth-order valence-corrected chi connectivity index (χ4v) is 1.44. The second kappa shape index (κ2) is 3.84. The van der Waals surface area contributed by atoms with Crippen molar-refractivity contribution in [3.63, 3.8) is 0 Å². The molecular weight excluding hydrogens is 199 g/mol. The van der Waals surface area contributed by atoms with Crippen LogP contribution in [0.1, 0.15) is 29.6 Å². The number of carboxylic acids is 1.